The van der Waals surface area contributed by atoms with Gasteiger partial charge in [0.2, 0.25) is 0 Å². The molecule has 3 aromatic rings. The number of fused-ring (bicyclic) bond motifs is 1. The lowest BCUT2D eigenvalue weighted by atomic mass is 10.0. The molecule has 0 spiro atoms. The molecule has 146 valence electrons. The van der Waals surface area contributed by atoms with Gasteiger partial charge in [0.15, 0.2) is 0 Å². The molecule has 0 fully saturated rings. The molecule has 0 saturated heterocycles. The number of rotatable bonds is 7. The van der Waals surface area contributed by atoms with Crippen molar-refractivity contribution in [3.8, 4) is 0 Å². The van der Waals surface area contributed by atoms with Gasteiger partial charge in [-0.2, -0.15) is 0 Å². The van der Waals surface area contributed by atoms with E-state index in [1.807, 2.05) is 43.3 Å². The largest absolute Gasteiger partial charge is 0.463 e. The number of ether oxygens (including phenoxy) is 1. The van der Waals surface area contributed by atoms with Crippen molar-refractivity contribution < 1.29 is 14.3 Å². The molecule has 0 saturated carbocycles. The Bertz CT molecular complexity index is 966. The van der Waals surface area contributed by atoms with E-state index in [2.05, 4.69) is 15.6 Å². The fourth-order valence-corrected chi connectivity index (χ4v) is 3.00. The van der Waals surface area contributed by atoms with Gasteiger partial charge in [0.1, 0.15) is 5.52 Å². The number of benzene rings is 2. The van der Waals surface area contributed by atoms with E-state index < -0.39 is 6.04 Å². The summed E-state index contributed by atoms with van der Waals surface area (Å²) >= 11 is 0. The van der Waals surface area contributed by atoms with E-state index >= 15 is 0 Å². The van der Waals surface area contributed by atoms with E-state index in [0.717, 1.165) is 11.1 Å². The lowest BCUT2D eigenvalue weighted by Gasteiger charge is -2.19. The highest BCUT2D eigenvalue weighted by atomic mass is 16.5. The van der Waals surface area contributed by atoms with Crippen LogP contribution in [-0.4, -0.2) is 33.0 Å². The lowest BCUT2D eigenvalue weighted by Crippen LogP contribution is -2.31. The molecule has 0 bridgehead atoms. The number of aryl methyl sites for hydroxylation is 1. The van der Waals surface area contributed by atoms with Crippen LogP contribution in [0.1, 0.15) is 49.2 Å². The van der Waals surface area contributed by atoms with Crippen LogP contribution in [0, 0.1) is 0 Å². The second-order valence-electron chi connectivity index (χ2n) is 6.79. The highest BCUT2D eigenvalue weighted by Crippen LogP contribution is 2.20. The average Bonchev–Trinajstić information content (AvgIpc) is 3.09. The first-order valence-electron chi connectivity index (χ1n) is 9.36. The van der Waals surface area contributed by atoms with Gasteiger partial charge in [-0.15, -0.1) is 5.10 Å². The van der Waals surface area contributed by atoms with Gasteiger partial charge in [0.25, 0.3) is 5.91 Å². The summed E-state index contributed by atoms with van der Waals surface area (Å²) < 4.78 is 7.02. The molecule has 28 heavy (non-hydrogen) atoms. The standard InChI is InChI=1S/C21H24N4O3/c1-4-25-19-11-10-16(12-18(19)23-24-25)21(27)22-17(13-20(26)28-14(2)3)15-8-6-5-7-9-15/h5-12,14,17H,4,13H2,1-3H3,(H,22,27). The summed E-state index contributed by atoms with van der Waals surface area (Å²) in [6, 6.07) is 14.2. The highest BCUT2D eigenvalue weighted by Gasteiger charge is 2.21. The van der Waals surface area contributed by atoms with Crippen LogP contribution in [0.15, 0.2) is 48.5 Å². The summed E-state index contributed by atoms with van der Waals surface area (Å²) in [5, 5.41) is 11.1. The van der Waals surface area contributed by atoms with Crippen molar-refractivity contribution in [3.05, 3.63) is 59.7 Å². The molecule has 7 heteroatoms. The van der Waals surface area contributed by atoms with Crippen LogP contribution >= 0.6 is 0 Å². The number of carbonyl (C=O) groups excluding carboxylic acids is 2. The minimum Gasteiger partial charge on any atom is -0.463 e. The van der Waals surface area contributed by atoms with Crippen molar-refractivity contribution in [1.82, 2.24) is 20.3 Å². The molecule has 1 atom stereocenters. The zero-order chi connectivity index (χ0) is 20.1. The fourth-order valence-electron chi connectivity index (χ4n) is 3.00. The number of nitrogens with zero attached hydrogens (tertiary/aromatic N) is 3. The van der Waals surface area contributed by atoms with E-state index in [-0.39, 0.29) is 24.4 Å². The summed E-state index contributed by atoms with van der Waals surface area (Å²) in [7, 11) is 0. The van der Waals surface area contributed by atoms with E-state index in [1.54, 1.807) is 30.7 Å². The number of hydrogen-bond donors (Lipinski definition) is 1. The van der Waals surface area contributed by atoms with Gasteiger partial charge >= 0.3 is 5.97 Å². The summed E-state index contributed by atoms with van der Waals surface area (Å²) in [5.41, 5.74) is 2.84. The quantitative estimate of drug-likeness (QED) is 0.636. The third kappa shape index (κ3) is 4.54. The predicted octanol–water partition coefficient (Wildman–Crippen LogP) is 3.26. The topological polar surface area (TPSA) is 86.1 Å². The number of nitrogens with one attached hydrogen (secondary N) is 1. The molecule has 2 aromatic carbocycles. The SMILES string of the molecule is CCn1nnc2cc(C(=O)NC(CC(=O)OC(C)C)c3ccccc3)ccc21. The zero-order valence-electron chi connectivity index (χ0n) is 16.3. The maximum Gasteiger partial charge on any atom is 0.308 e. The van der Waals surface area contributed by atoms with Crippen LogP contribution in [0.5, 0.6) is 0 Å². The Morgan fingerprint density at radius 1 is 1.14 bits per heavy atom. The number of hydrogen-bond acceptors (Lipinski definition) is 5. The normalized spacial score (nSPS) is 12.1. The minimum absolute atomic E-state index is 0.0577. The first-order valence-corrected chi connectivity index (χ1v) is 9.36. The monoisotopic (exact) mass is 380 g/mol. The Balaban J connectivity index is 1.81. The van der Waals surface area contributed by atoms with Crippen molar-refractivity contribution in [2.45, 2.75) is 45.9 Å². The van der Waals surface area contributed by atoms with Gasteiger partial charge in [-0.25, -0.2) is 4.68 Å². The van der Waals surface area contributed by atoms with Crippen molar-refractivity contribution in [1.29, 1.82) is 0 Å². The van der Waals surface area contributed by atoms with Crippen LogP contribution < -0.4 is 5.32 Å². The first-order chi connectivity index (χ1) is 13.5. The van der Waals surface area contributed by atoms with E-state index in [4.69, 9.17) is 4.74 Å². The van der Waals surface area contributed by atoms with Crippen LogP contribution in [0.2, 0.25) is 0 Å². The number of amides is 1. The molecule has 1 amide bonds. The lowest BCUT2D eigenvalue weighted by molar-refractivity contribution is -0.147. The molecule has 1 N–H and O–H groups in total. The molecule has 1 unspecified atom stereocenters. The predicted molar refractivity (Wildman–Crippen MR) is 106 cm³/mol. The molecule has 3 rings (SSSR count). The van der Waals surface area contributed by atoms with Gasteiger partial charge in [0.05, 0.1) is 24.1 Å². The van der Waals surface area contributed by atoms with Crippen molar-refractivity contribution >= 4 is 22.9 Å². The second-order valence-corrected chi connectivity index (χ2v) is 6.79. The van der Waals surface area contributed by atoms with E-state index in [1.165, 1.54) is 0 Å². The van der Waals surface area contributed by atoms with E-state index in [0.29, 0.717) is 17.6 Å². The van der Waals surface area contributed by atoms with Crippen molar-refractivity contribution in [2.75, 3.05) is 0 Å². The third-order valence-corrected chi connectivity index (χ3v) is 4.32. The third-order valence-electron chi connectivity index (χ3n) is 4.32. The summed E-state index contributed by atoms with van der Waals surface area (Å²) in [6.45, 7) is 6.28. The Morgan fingerprint density at radius 3 is 2.57 bits per heavy atom. The smallest absolute Gasteiger partial charge is 0.308 e. The summed E-state index contributed by atoms with van der Waals surface area (Å²) in [5.74, 6) is -0.635. The second kappa shape index (κ2) is 8.65. The zero-order valence-corrected chi connectivity index (χ0v) is 16.3. The molecule has 0 radical (unpaired) electrons. The van der Waals surface area contributed by atoms with Crippen LogP contribution in [-0.2, 0) is 16.1 Å². The molecule has 1 aromatic heterocycles. The van der Waals surface area contributed by atoms with Gasteiger partial charge < -0.3 is 10.1 Å². The highest BCUT2D eigenvalue weighted by molar-refractivity contribution is 5.97. The van der Waals surface area contributed by atoms with Crippen LogP contribution in [0.3, 0.4) is 0 Å². The van der Waals surface area contributed by atoms with E-state index in [9.17, 15) is 9.59 Å². The van der Waals surface area contributed by atoms with Gasteiger partial charge in [-0.1, -0.05) is 35.5 Å². The maximum atomic E-state index is 12.8. The molecule has 0 aliphatic rings. The van der Waals surface area contributed by atoms with Gasteiger partial charge in [-0.05, 0) is 44.5 Å². The Hall–Kier alpha value is -3.22. The molecule has 1 heterocycles. The van der Waals surface area contributed by atoms with Crippen LogP contribution in [0.25, 0.3) is 11.0 Å². The van der Waals surface area contributed by atoms with Crippen LogP contribution in [0.4, 0.5) is 0 Å². The number of carbonyl (C=O) groups is 2. The van der Waals surface area contributed by atoms with Crippen molar-refractivity contribution in [2.24, 2.45) is 0 Å². The molecular formula is C21H24N4O3. The Labute approximate surface area is 163 Å². The molecule has 0 aliphatic carbocycles. The summed E-state index contributed by atoms with van der Waals surface area (Å²) in [6.07, 6.45) is -0.148. The fraction of sp³-hybridized carbons (Fsp3) is 0.333. The number of aromatic nitrogens is 3. The molecule has 0 aliphatic heterocycles. The molecular weight excluding hydrogens is 356 g/mol. The first kappa shape index (κ1) is 19.5. The Morgan fingerprint density at radius 2 is 1.89 bits per heavy atom. The minimum atomic E-state index is -0.484. The summed E-state index contributed by atoms with van der Waals surface area (Å²) in [4.78, 5) is 25.0. The Kier molecular flexibility index (Phi) is 6.03. The number of esters is 1. The average molecular weight is 380 g/mol. The van der Waals surface area contributed by atoms with Crippen molar-refractivity contribution in [3.63, 3.8) is 0 Å². The van der Waals surface area contributed by atoms with Gasteiger partial charge in [-0.3, -0.25) is 9.59 Å². The molecule has 7 nitrogen and oxygen atoms in total. The maximum absolute atomic E-state index is 12.8. The van der Waals surface area contributed by atoms with Gasteiger partial charge in [0, 0.05) is 12.1 Å².